The maximum atomic E-state index is 11.9. The molecule has 0 spiro atoms. The molecule has 0 radical (unpaired) electrons. The molecule has 8 heteroatoms. The summed E-state index contributed by atoms with van der Waals surface area (Å²) in [5.41, 5.74) is 1.67. The first-order chi connectivity index (χ1) is 12.7. The Morgan fingerprint density at radius 2 is 1.69 bits per heavy atom. The van der Waals surface area contributed by atoms with Crippen molar-refractivity contribution in [3.05, 3.63) is 60.3 Å². The van der Waals surface area contributed by atoms with Gasteiger partial charge in [-0.05, 0) is 24.3 Å². The minimum Gasteiger partial charge on any atom is -0.495 e. The average Bonchev–Trinajstić information content (AvgIpc) is 2.68. The fourth-order valence-corrected chi connectivity index (χ4v) is 2.30. The highest BCUT2D eigenvalue weighted by Gasteiger charge is 2.12. The molecule has 0 fully saturated rings. The van der Waals surface area contributed by atoms with Crippen molar-refractivity contribution in [3.8, 4) is 5.75 Å². The lowest BCUT2D eigenvalue weighted by molar-refractivity contribution is 0.0602. The molecule has 2 N–H and O–H groups in total. The van der Waals surface area contributed by atoms with Gasteiger partial charge in [0.05, 0.1) is 37.4 Å². The van der Waals surface area contributed by atoms with Crippen LogP contribution >= 0.6 is 0 Å². The van der Waals surface area contributed by atoms with E-state index in [2.05, 4.69) is 25.8 Å². The molecule has 3 rings (SSSR count). The van der Waals surface area contributed by atoms with Gasteiger partial charge in [-0.1, -0.05) is 24.3 Å². The van der Waals surface area contributed by atoms with Crippen molar-refractivity contribution < 1.29 is 14.3 Å². The van der Waals surface area contributed by atoms with Crippen LogP contribution in [0.3, 0.4) is 0 Å². The largest absolute Gasteiger partial charge is 0.495 e. The molecule has 0 saturated heterocycles. The predicted octanol–water partition coefficient (Wildman–Crippen LogP) is 3.15. The van der Waals surface area contributed by atoms with E-state index in [0.29, 0.717) is 28.5 Å². The highest BCUT2D eigenvalue weighted by Crippen LogP contribution is 2.26. The molecular formula is C18H17N5O3. The summed E-state index contributed by atoms with van der Waals surface area (Å²) in [6.45, 7) is 0. The molecule has 0 saturated carbocycles. The van der Waals surface area contributed by atoms with Crippen LogP contribution in [0.15, 0.2) is 54.7 Å². The molecule has 8 nitrogen and oxygen atoms in total. The zero-order valence-corrected chi connectivity index (χ0v) is 14.3. The van der Waals surface area contributed by atoms with Gasteiger partial charge in [-0.2, -0.15) is 10.1 Å². The molecule has 1 heterocycles. The third-order valence-electron chi connectivity index (χ3n) is 3.51. The lowest BCUT2D eigenvalue weighted by atomic mass is 10.2. The van der Waals surface area contributed by atoms with Crippen LogP contribution < -0.4 is 15.4 Å². The van der Waals surface area contributed by atoms with Gasteiger partial charge in [0.25, 0.3) is 0 Å². The van der Waals surface area contributed by atoms with Crippen LogP contribution in [0.4, 0.5) is 23.1 Å². The summed E-state index contributed by atoms with van der Waals surface area (Å²) in [4.78, 5) is 16.2. The van der Waals surface area contributed by atoms with Crippen molar-refractivity contribution in [1.29, 1.82) is 0 Å². The number of rotatable bonds is 6. The monoisotopic (exact) mass is 351 g/mol. The number of carbonyl (C=O) groups is 1. The molecule has 2 aromatic carbocycles. The molecule has 0 bridgehead atoms. The Morgan fingerprint density at radius 3 is 2.46 bits per heavy atom. The van der Waals surface area contributed by atoms with Gasteiger partial charge in [-0.3, -0.25) is 0 Å². The summed E-state index contributed by atoms with van der Waals surface area (Å²) in [5.74, 6) is 0.928. The summed E-state index contributed by atoms with van der Waals surface area (Å²) in [6.07, 6.45) is 1.46. The summed E-state index contributed by atoms with van der Waals surface area (Å²) < 4.78 is 10.1. The number of carbonyl (C=O) groups excluding carboxylic acids is 1. The number of nitrogens with zero attached hydrogens (tertiary/aromatic N) is 3. The molecular weight excluding hydrogens is 334 g/mol. The Kier molecular flexibility index (Phi) is 5.23. The minimum absolute atomic E-state index is 0.287. The lowest BCUT2D eigenvalue weighted by Gasteiger charge is -2.11. The van der Waals surface area contributed by atoms with Crippen molar-refractivity contribution in [3.63, 3.8) is 0 Å². The number of methoxy groups -OCH3 is 2. The first-order valence-electron chi connectivity index (χ1n) is 7.75. The van der Waals surface area contributed by atoms with Crippen LogP contribution in [-0.4, -0.2) is 35.4 Å². The van der Waals surface area contributed by atoms with Gasteiger partial charge >= 0.3 is 5.97 Å². The van der Waals surface area contributed by atoms with Crippen molar-refractivity contribution in [2.45, 2.75) is 0 Å². The molecule has 0 atom stereocenters. The number of esters is 1. The Bertz CT molecular complexity index is 917. The fraction of sp³-hybridized carbons (Fsp3) is 0.111. The van der Waals surface area contributed by atoms with Crippen molar-refractivity contribution >= 4 is 29.1 Å². The van der Waals surface area contributed by atoms with Crippen LogP contribution in [0.25, 0.3) is 0 Å². The molecule has 0 aliphatic carbocycles. The van der Waals surface area contributed by atoms with Gasteiger partial charge in [0, 0.05) is 0 Å². The SMILES string of the molecule is COC(=O)c1ccccc1Nc1cnnc(Nc2ccccc2OC)n1. The van der Waals surface area contributed by atoms with Crippen molar-refractivity contribution in [2.24, 2.45) is 0 Å². The van der Waals surface area contributed by atoms with E-state index in [0.717, 1.165) is 0 Å². The van der Waals surface area contributed by atoms with E-state index in [-0.39, 0.29) is 5.95 Å². The Hall–Kier alpha value is -3.68. The number of hydrogen-bond donors (Lipinski definition) is 2. The summed E-state index contributed by atoms with van der Waals surface area (Å²) in [5, 5.41) is 14.0. The molecule has 0 unspecified atom stereocenters. The maximum absolute atomic E-state index is 11.9. The number of hydrogen-bond acceptors (Lipinski definition) is 8. The van der Waals surface area contributed by atoms with Gasteiger partial charge in [0.1, 0.15) is 5.75 Å². The smallest absolute Gasteiger partial charge is 0.339 e. The molecule has 1 aromatic heterocycles. The molecule has 0 aliphatic rings. The average molecular weight is 351 g/mol. The first kappa shape index (κ1) is 17.2. The quantitative estimate of drug-likeness (QED) is 0.654. The zero-order chi connectivity index (χ0) is 18.4. The number of para-hydroxylation sites is 3. The first-order valence-corrected chi connectivity index (χ1v) is 7.75. The maximum Gasteiger partial charge on any atom is 0.339 e. The second kappa shape index (κ2) is 7.93. The summed E-state index contributed by atoms with van der Waals surface area (Å²) in [7, 11) is 2.92. The second-order valence-electron chi connectivity index (χ2n) is 5.15. The van der Waals surface area contributed by atoms with Gasteiger partial charge in [-0.25, -0.2) is 4.79 Å². The summed E-state index contributed by atoms with van der Waals surface area (Å²) >= 11 is 0. The second-order valence-corrected chi connectivity index (χ2v) is 5.15. The topological polar surface area (TPSA) is 98.3 Å². The Morgan fingerprint density at radius 1 is 0.962 bits per heavy atom. The van der Waals surface area contributed by atoms with Gasteiger partial charge in [-0.15, -0.1) is 5.10 Å². The van der Waals surface area contributed by atoms with Crippen molar-refractivity contribution in [2.75, 3.05) is 24.9 Å². The van der Waals surface area contributed by atoms with E-state index in [1.54, 1.807) is 31.4 Å². The zero-order valence-electron chi connectivity index (χ0n) is 14.3. The number of anilines is 4. The number of aromatic nitrogens is 3. The third-order valence-corrected chi connectivity index (χ3v) is 3.51. The van der Waals surface area contributed by atoms with Gasteiger partial charge in [0.15, 0.2) is 5.82 Å². The third kappa shape index (κ3) is 3.86. The number of nitrogens with one attached hydrogen (secondary N) is 2. The number of ether oxygens (including phenoxy) is 2. The van der Waals surface area contributed by atoms with E-state index in [1.807, 2.05) is 24.3 Å². The van der Waals surface area contributed by atoms with Crippen LogP contribution in [0, 0.1) is 0 Å². The molecule has 26 heavy (non-hydrogen) atoms. The van der Waals surface area contributed by atoms with E-state index in [9.17, 15) is 4.79 Å². The van der Waals surface area contributed by atoms with E-state index < -0.39 is 5.97 Å². The fourth-order valence-electron chi connectivity index (χ4n) is 2.30. The van der Waals surface area contributed by atoms with Crippen LogP contribution in [0.5, 0.6) is 5.75 Å². The predicted molar refractivity (Wildman–Crippen MR) is 97.2 cm³/mol. The normalized spacial score (nSPS) is 10.1. The van der Waals surface area contributed by atoms with Crippen LogP contribution in [-0.2, 0) is 4.74 Å². The van der Waals surface area contributed by atoms with E-state index in [4.69, 9.17) is 9.47 Å². The summed E-state index contributed by atoms with van der Waals surface area (Å²) in [6, 6.07) is 14.4. The molecule has 0 amide bonds. The molecule has 3 aromatic rings. The molecule has 132 valence electrons. The lowest BCUT2D eigenvalue weighted by Crippen LogP contribution is -2.07. The highest BCUT2D eigenvalue weighted by atomic mass is 16.5. The minimum atomic E-state index is -0.442. The number of benzene rings is 2. The highest BCUT2D eigenvalue weighted by molar-refractivity contribution is 5.96. The van der Waals surface area contributed by atoms with E-state index in [1.165, 1.54) is 13.3 Å². The van der Waals surface area contributed by atoms with Gasteiger partial charge < -0.3 is 20.1 Å². The van der Waals surface area contributed by atoms with E-state index >= 15 is 0 Å². The Balaban J connectivity index is 1.84. The van der Waals surface area contributed by atoms with Gasteiger partial charge in [0.2, 0.25) is 5.95 Å². The Labute approximate surface area is 150 Å². The standard InChI is InChI=1S/C18H17N5O3/c1-25-15-10-6-5-9-14(15)21-18-22-16(11-19-23-18)20-13-8-4-3-7-12(13)17(24)26-2/h3-11H,1-2H3,(H2,20,21,22,23). The van der Waals surface area contributed by atoms with Crippen molar-refractivity contribution in [1.82, 2.24) is 15.2 Å². The van der Waals surface area contributed by atoms with Crippen LogP contribution in [0.2, 0.25) is 0 Å². The molecule has 0 aliphatic heterocycles. The van der Waals surface area contributed by atoms with Crippen LogP contribution in [0.1, 0.15) is 10.4 Å².